The molecule has 3 aromatic heterocycles. The normalized spacial score (nSPS) is 14.1. The Hall–Kier alpha value is -2.71. The monoisotopic (exact) mass is 346 g/mol. The molecule has 4 heterocycles. The van der Waals surface area contributed by atoms with E-state index in [1.165, 1.54) is 11.0 Å². The molecule has 4 rings (SSSR count). The molecule has 3 aromatic rings. The van der Waals surface area contributed by atoms with Crippen LogP contribution in [0.25, 0.3) is 16.9 Å². The standard InChI is InChI=1S/C15H14N6O2.ClH/c22-11-7-20(8-11)13-4-14(18-9-17-13)21-15(23)12(6-19-21)10-2-1-3-16-5-10;/h1-6,9,11,19,22H,7-8H2;1H. The van der Waals surface area contributed by atoms with Crippen molar-refractivity contribution in [3.8, 4) is 16.9 Å². The number of hydrogen-bond acceptors (Lipinski definition) is 6. The lowest BCUT2D eigenvalue weighted by molar-refractivity contribution is 0.141. The number of nitrogens with one attached hydrogen (secondary N) is 1. The third kappa shape index (κ3) is 2.77. The minimum absolute atomic E-state index is 0. The van der Waals surface area contributed by atoms with Crippen molar-refractivity contribution in [2.75, 3.05) is 18.0 Å². The van der Waals surface area contributed by atoms with Gasteiger partial charge in [0.05, 0.1) is 11.7 Å². The van der Waals surface area contributed by atoms with Crippen LogP contribution in [-0.2, 0) is 0 Å². The molecule has 0 atom stereocenters. The molecule has 1 saturated heterocycles. The van der Waals surface area contributed by atoms with Crippen LogP contribution in [0.3, 0.4) is 0 Å². The van der Waals surface area contributed by atoms with Crippen LogP contribution in [-0.4, -0.2) is 49.0 Å². The van der Waals surface area contributed by atoms with E-state index in [1.54, 1.807) is 30.7 Å². The molecule has 124 valence electrons. The topological polar surface area (TPSA) is 99.9 Å². The van der Waals surface area contributed by atoms with Crippen LogP contribution < -0.4 is 10.5 Å². The number of β-amino-alcohol motifs (C(OH)–C–C–N with tert-alkyl or cyclic N) is 1. The van der Waals surface area contributed by atoms with Crippen molar-refractivity contribution in [2.24, 2.45) is 0 Å². The first-order chi connectivity index (χ1) is 11.2. The highest BCUT2D eigenvalue weighted by Crippen LogP contribution is 2.19. The lowest BCUT2D eigenvalue weighted by Crippen LogP contribution is -2.51. The highest BCUT2D eigenvalue weighted by Gasteiger charge is 2.26. The molecule has 1 aliphatic rings. The largest absolute Gasteiger partial charge is 0.389 e. The van der Waals surface area contributed by atoms with Crippen LogP contribution >= 0.6 is 12.4 Å². The molecule has 2 N–H and O–H groups in total. The van der Waals surface area contributed by atoms with Gasteiger partial charge in [0, 0.05) is 43.3 Å². The molecule has 0 saturated carbocycles. The van der Waals surface area contributed by atoms with E-state index < -0.39 is 0 Å². The highest BCUT2D eigenvalue weighted by molar-refractivity contribution is 5.85. The molecule has 0 aromatic carbocycles. The van der Waals surface area contributed by atoms with Gasteiger partial charge in [-0.05, 0) is 6.07 Å². The molecule has 1 aliphatic heterocycles. The van der Waals surface area contributed by atoms with E-state index in [-0.39, 0.29) is 24.1 Å². The summed E-state index contributed by atoms with van der Waals surface area (Å²) in [5.74, 6) is 1.14. The predicted octanol–water partition coefficient (Wildman–Crippen LogP) is 0.620. The zero-order valence-corrected chi connectivity index (χ0v) is 13.3. The number of anilines is 1. The van der Waals surface area contributed by atoms with Crippen molar-refractivity contribution < 1.29 is 5.11 Å². The number of aliphatic hydroxyl groups excluding tert-OH is 1. The zero-order chi connectivity index (χ0) is 15.8. The number of halogens is 1. The summed E-state index contributed by atoms with van der Waals surface area (Å²) in [6, 6.07) is 5.33. The predicted molar refractivity (Wildman–Crippen MR) is 90.7 cm³/mol. The SMILES string of the molecule is Cl.O=c1c(-c2cccnc2)c[nH]n1-c1cc(N2CC(O)C2)ncn1. The number of aromatic nitrogens is 5. The first-order valence-electron chi connectivity index (χ1n) is 7.18. The highest BCUT2D eigenvalue weighted by atomic mass is 35.5. The quantitative estimate of drug-likeness (QED) is 0.721. The average molecular weight is 347 g/mol. The Morgan fingerprint density at radius 2 is 2.04 bits per heavy atom. The fourth-order valence-corrected chi connectivity index (χ4v) is 2.54. The fraction of sp³-hybridized carbons (Fsp3) is 0.200. The van der Waals surface area contributed by atoms with Gasteiger partial charge in [0.1, 0.15) is 12.1 Å². The van der Waals surface area contributed by atoms with E-state index in [0.29, 0.717) is 30.3 Å². The molecule has 0 unspecified atom stereocenters. The van der Waals surface area contributed by atoms with Gasteiger partial charge in [-0.15, -0.1) is 12.4 Å². The summed E-state index contributed by atoms with van der Waals surface area (Å²) in [5.41, 5.74) is 1.07. The molecule has 1 fully saturated rings. The van der Waals surface area contributed by atoms with Gasteiger partial charge in [-0.2, -0.15) is 0 Å². The van der Waals surface area contributed by atoms with Crippen LogP contribution in [0.4, 0.5) is 5.82 Å². The van der Waals surface area contributed by atoms with Crippen LogP contribution in [0.15, 0.2) is 47.9 Å². The van der Waals surface area contributed by atoms with E-state index in [1.807, 2.05) is 11.0 Å². The Bertz CT molecular complexity index is 888. The third-order valence-electron chi connectivity index (χ3n) is 3.80. The van der Waals surface area contributed by atoms with Gasteiger partial charge in [0.25, 0.3) is 5.56 Å². The Kier molecular flexibility index (Phi) is 4.32. The maximum absolute atomic E-state index is 12.6. The molecule has 0 spiro atoms. The fourth-order valence-electron chi connectivity index (χ4n) is 2.54. The van der Waals surface area contributed by atoms with Gasteiger partial charge in [-0.25, -0.2) is 14.6 Å². The second-order valence-corrected chi connectivity index (χ2v) is 5.36. The van der Waals surface area contributed by atoms with Gasteiger partial charge < -0.3 is 10.0 Å². The minimum atomic E-state index is -0.321. The number of nitrogens with zero attached hydrogens (tertiary/aromatic N) is 5. The van der Waals surface area contributed by atoms with Crippen molar-refractivity contribution in [1.82, 2.24) is 24.7 Å². The first kappa shape index (κ1) is 16.2. The molecule has 0 bridgehead atoms. The number of aromatic amines is 1. The van der Waals surface area contributed by atoms with Gasteiger partial charge in [-0.3, -0.25) is 14.9 Å². The summed E-state index contributed by atoms with van der Waals surface area (Å²) in [5, 5.41) is 12.3. The zero-order valence-electron chi connectivity index (χ0n) is 12.5. The summed E-state index contributed by atoms with van der Waals surface area (Å²) >= 11 is 0. The van der Waals surface area contributed by atoms with E-state index in [0.717, 1.165) is 5.56 Å². The van der Waals surface area contributed by atoms with E-state index >= 15 is 0 Å². The van der Waals surface area contributed by atoms with Gasteiger partial charge >= 0.3 is 0 Å². The van der Waals surface area contributed by atoms with Crippen molar-refractivity contribution >= 4 is 18.2 Å². The second kappa shape index (κ2) is 6.42. The third-order valence-corrected chi connectivity index (χ3v) is 3.80. The number of rotatable bonds is 3. The van der Waals surface area contributed by atoms with Crippen molar-refractivity contribution in [1.29, 1.82) is 0 Å². The molecule has 0 amide bonds. The van der Waals surface area contributed by atoms with Gasteiger partial charge in [0.15, 0.2) is 5.82 Å². The second-order valence-electron chi connectivity index (χ2n) is 5.36. The molecule has 9 heteroatoms. The summed E-state index contributed by atoms with van der Waals surface area (Å²) in [6.07, 6.45) is 6.02. The summed E-state index contributed by atoms with van der Waals surface area (Å²) < 4.78 is 1.36. The van der Waals surface area contributed by atoms with E-state index in [2.05, 4.69) is 20.1 Å². The maximum atomic E-state index is 12.6. The number of hydrogen-bond donors (Lipinski definition) is 2. The van der Waals surface area contributed by atoms with Gasteiger partial charge in [0.2, 0.25) is 0 Å². The van der Waals surface area contributed by atoms with Crippen molar-refractivity contribution in [2.45, 2.75) is 6.10 Å². The maximum Gasteiger partial charge on any atom is 0.280 e. The van der Waals surface area contributed by atoms with Crippen LogP contribution in [0.2, 0.25) is 0 Å². The molecule has 0 aliphatic carbocycles. The lowest BCUT2D eigenvalue weighted by atomic mass is 10.2. The van der Waals surface area contributed by atoms with Crippen molar-refractivity contribution in [3.05, 3.63) is 53.5 Å². The Morgan fingerprint density at radius 1 is 1.25 bits per heavy atom. The Morgan fingerprint density at radius 3 is 2.75 bits per heavy atom. The molecule has 8 nitrogen and oxygen atoms in total. The van der Waals surface area contributed by atoms with Crippen LogP contribution in [0.1, 0.15) is 0 Å². The van der Waals surface area contributed by atoms with Crippen molar-refractivity contribution in [3.63, 3.8) is 0 Å². The van der Waals surface area contributed by atoms with Gasteiger partial charge in [-0.1, -0.05) is 6.07 Å². The number of aliphatic hydroxyl groups is 1. The lowest BCUT2D eigenvalue weighted by Gasteiger charge is -2.36. The number of pyridine rings is 1. The summed E-state index contributed by atoms with van der Waals surface area (Å²) in [6.45, 7) is 1.08. The average Bonchev–Trinajstić information content (AvgIpc) is 2.94. The van der Waals surface area contributed by atoms with E-state index in [4.69, 9.17) is 0 Å². The Balaban J connectivity index is 0.00000169. The summed E-state index contributed by atoms with van der Waals surface area (Å²) in [4.78, 5) is 26.9. The van der Waals surface area contributed by atoms with E-state index in [9.17, 15) is 9.90 Å². The molecular formula is C15H15ClN6O2. The molecular weight excluding hydrogens is 332 g/mol. The molecule has 0 radical (unpaired) electrons. The number of H-pyrrole nitrogens is 1. The summed E-state index contributed by atoms with van der Waals surface area (Å²) in [7, 11) is 0. The first-order valence-corrected chi connectivity index (χ1v) is 7.18. The van der Waals surface area contributed by atoms with Crippen LogP contribution in [0.5, 0.6) is 0 Å². The smallest absolute Gasteiger partial charge is 0.280 e. The Labute approximate surface area is 143 Å². The molecule has 24 heavy (non-hydrogen) atoms. The minimum Gasteiger partial charge on any atom is -0.389 e. The van der Waals surface area contributed by atoms with Crippen LogP contribution in [0, 0.1) is 0 Å².